The van der Waals surface area contributed by atoms with Crippen LogP contribution in [0.25, 0.3) is 0 Å². The number of hydrogen-bond acceptors (Lipinski definition) is 3. The molecule has 0 aromatic heterocycles. The summed E-state index contributed by atoms with van der Waals surface area (Å²) in [5, 5.41) is 3.42. The smallest absolute Gasteiger partial charge is 0.261 e. The van der Waals surface area contributed by atoms with Crippen LogP contribution in [0.3, 0.4) is 0 Å². The van der Waals surface area contributed by atoms with Crippen LogP contribution in [0.15, 0.2) is 53.0 Å². The number of nitrogens with zero attached hydrogens (tertiary/aromatic N) is 1. The van der Waals surface area contributed by atoms with Crippen LogP contribution in [-0.4, -0.2) is 35.9 Å². The highest BCUT2D eigenvalue weighted by Crippen LogP contribution is 2.18. The van der Waals surface area contributed by atoms with E-state index < -0.39 is 6.04 Å². The van der Waals surface area contributed by atoms with Crippen molar-refractivity contribution in [3.8, 4) is 5.75 Å². The highest BCUT2D eigenvalue weighted by molar-refractivity contribution is 9.10. The third-order valence-electron chi connectivity index (χ3n) is 4.13. The zero-order valence-electron chi connectivity index (χ0n) is 16.0. The van der Waals surface area contributed by atoms with Crippen LogP contribution >= 0.6 is 27.5 Å². The lowest BCUT2D eigenvalue weighted by Gasteiger charge is -2.28. The van der Waals surface area contributed by atoms with Crippen molar-refractivity contribution < 1.29 is 14.3 Å². The number of benzene rings is 2. The van der Waals surface area contributed by atoms with Crippen LogP contribution < -0.4 is 10.1 Å². The van der Waals surface area contributed by atoms with Gasteiger partial charge in [0.2, 0.25) is 5.91 Å². The van der Waals surface area contributed by atoms with Crippen molar-refractivity contribution in [3.05, 3.63) is 63.6 Å². The van der Waals surface area contributed by atoms with Gasteiger partial charge in [-0.25, -0.2) is 0 Å². The molecule has 0 spiro atoms. The molecule has 0 saturated heterocycles. The lowest BCUT2D eigenvalue weighted by molar-refractivity contribution is -0.142. The first-order valence-electron chi connectivity index (χ1n) is 9.10. The average molecular weight is 468 g/mol. The maximum absolute atomic E-state index is 12.9. The Morgan fingerprint density at radius 2 is 1.93 bits per heavy atom. The number of carbonyl (C=O) groups is 2. The van der Waals surface area contributed by atoms with E-state index in [9.17, 15) is 9.59 Å². The Labute approximate surface area is 179 Å². The fourth-order valence-corrected chi connectivity index (χ4v) is 3.05. The van der Waals surface area contributed by atoms with Crippen LogP contribution in [0.2, 0.25) is 5.02 Å². The Balaban J connectivity index is 2.12. The molecule has 1 N–H and O–H groups in total. The van der Waals surface area contributed by atoms with E-state index in [2.05, 4.69) is 21.2 Å². The lowest BCUT2D eigenvalue weighted by Crippen LogP contribution is -2.49. The van der Waals surface area contributed by atoms with E-state index in [0.717, 1.165) is 16.5 Å². The summed E-state index contributed by atoms with van der Waals surface area (Å²) in [5.74, 6) is 0.116. The lowest BCUT2D eigenvalue weighted by atomic mass is 10.1. The van der Waals surface area contributed by atoms with Crippen molar-refractivity contribution in [2.24, 2.45) is 0 Å². The molecule has 0 fully saturated rings. The minimum atomic E-state index is -0.633. The topological polar surface area (TPSA) is 58.6 Å². The number of halogens is 2. The van der Waals surface area contributed by atoms with Crippen molar-refractivity contribution in [1.29, 1.82) is 0 Å². The van der Waals surface area contributed by atoms with Gasteiger partial charge in [0.1, 0.15) is 11.8 Å². The van der Waals surface area contributed by atoms with Crippen molar-refractivity contribution in [2.45, 2.75) is 32.9 Å². The molecular formula is C21H24BrClN2O3. The maximum Gasteiger partial charge on any atom is 0.261 e. The predicted octanol–water partition coefficient (Wildman–Crippen LogP) is 4.42. The van der Waals surface area contributed by atoms with Crippen LogP contribution in [-0.2, 0) is 16.1 Å². The molecule has 150 valence electrons. The second-order valence-electron chi connectivity index (χ2n) is 6.36. The molecule has 1 unspecified atom stereocenters. The van der Waals surface area contributed by atoms with Crippen LogP contribution in [0.5, 0.6) is 5.75 Å². The van der Waals surface area contributed by atoms with Gasteiger partial charge in [0.15, 0.2) is 6.61 Å². The van der Waals surface area contributed by atoms with Gasteiger partial charge in [0.05, 0.1) is 0 Å². The van der Waals surface area contributed by atoms with Gasteiger partial charge in [-0.15, -0.1) is 0 Å². The molecular weight excluding hydrogens is 444 g/mol. The number of carbonyl (C=O) groups excluding carboxylic acids is 2. The Morgan fingerprint density at radius 3 is 2.57 bits per heavy atom. The first-order chi connectivity index (χ1) is 13.4. The minimum absolute atomic E-state index is 0.159. The predicted molar refractivity (Wildman–Crippen MR) is 114 cm³/mol. The zero-order chi connectivity index (χ0) is 20.5. The second-order valence-corrected chi connectivity index (χ2v) is 7.71. The fraction of sp³-hybridized carbons (Fsp3) is 0.333. The normalized spacial score (nSPS) is 11.6. The fourth-order valence-electron chi connectivity index (χ4n) is 2.57. The van der Waals surface area contributed by atoms with E-state index >= 15 is 0 Å². The quantitative estimate of drug-likeness (QED) is 0.594. The number of nitrogens with one attached hydrogen (secondary N) is 1. The largest absolute Gasteiger partial charge is 0.484 e. The first kappa shape index (κ1) is 22.2. The second kappa shape index (κ2) is 11.1. The number of hydrogen-bond donors (Lipinski definition) is 1. The summed E-state index contributed by atoms with van der Waals surface area (Å²) in [6.07, 6.45) is 0.827. The van der Waals surface area contributed by atoms with Crippen LogP contribution in [0.4, 0.5) is 0 Å². The molecule has 2 aromatic rings. The van der Waals surface area contributed by atoms with Gasteiger partial charge in [-0.1, -0.05) is 46.6 Å². The molecule has 0 saturated carbocycles. The van der Waals surface area contributed by atoms with Gasteiger partial charge in [-0.3, -0.25) is 9.59 Å². The van der Waals surface area contributed by atoms with Crippen molar-refractivity contribution in [3.63, 3.8) is 0 Å². The average Bonchev–Trinajstić information content (AvgIpc) is 2.69. The maximum atomic E-state index is 12.9. The summed E-state index contributed by atoms with van der Waals surface area (Å²) in [6.45, 7) is 4.37. The zero-order valence-corrected chi connectivity index (χ0v) is 18.3. The first-order valence-corrected chi connectivity index (χ1v) is 10.3. The molecule has 28 heavy (non-hydrogen) atoms. The molecule has 0 radical (unpaired) electrons. The van der Waals surface area contributed by atoms with Gasteiger partial charge < -0.3 is 15.0 Å². The highest BCUT2D eigenvalue weighted by atomic mass is 79.9. The molecule has 7 heteroatoms. The van der Waals surface area contributed by atoms with Gasteiger partial charge in [-0.05, 0) is 55.3 Å². The number of rotatable bonds is 9. The summed E-state index contributed by atoms with van der Waals surface area (Å²) in [6, 6.07) is 13.8. The van der Waals surface area contributed by atoms with Gasteiger partial charge in [0.25, 0.3) is 5.91 Å². The van der Waals surface area contributed by atoms with E-state index in [1.807, 2.05) is 31.2 Å². The molecule has 0 aliphatic carbocycles. The molecule has 0 aliphatic heterocycles. The van der Waals surface area contributed by atoms with E-state index in [4.69, 9.17) is 16.3 Å². The van der Waals surface area contributed by atoms with Gasteiger partial charge >= 0.3 is 0 Å². The molecule has 5 nitrogen and oxygen atoms in total. The highest BCUT2D eigenvalue weighted by Gasteiger charge is 2.26. The van der Waals surface area contributed by atoms with Gasteiger partial charge in [-0.2, -0.15) is 0 Å². The third kappa shape index (κ3) is 6.84. The van der Waals surface area contributed by atoms with E-state index in [1.165, 1.54) is 4.90 Å². The third-order valence-corrected chi connectivity index (χ3v) is 4.90. The number of amides is 2. The van der Waals surface area contributed by atoms with Gasteiger partial charge in [0, 0.05) is 22.6 Å². The molecule has 0 aliphatic rings. The standard InChI is InChI=1S/C21H24BrClN2O3/c1-3-11-24-21(27)15(2)25(13-16-5-4-6-18(23)12-16)20(26)14-28-19-9-7-17(22)8-10-19/h4-10,12,15H,3,11,13-14H2,1-2H3,(H,24,27). The molecule has 2 rings (SSSR count). The van der Waals surface area contributed by atoms with E-state index in [1.54, 1.807) is 31.2 Å². The summed E-state index contributed by atoms with van der Waals surface area (Å²) < 4.78 is 6.53. The van der Waals surface area contributed by atoms with Crippen molar-refractivity contribution in [2.75, 3.05) is 13.2 Å². The Morgan fingerprint density at radius 1 is 1.21 bits per heavy atom. The Bertz CT molecular complexity index is 798. The van der Waals surface area contributed by atoms with E-state index in [-0.39, 0.29) is 25.0 Å². The van der Waals surface area contributed by atoms with Crippen LogP contribution in [0, 0.1) is 0 Å². The van der Waals surface area contributed by atoms with Crippen molar-refractivity contribution >= 4 is 39.3 Å². The van der Waals surface area contributed by atoms with E-state index in [0.29, 0.717) is 17.3 Å². The molecule has 0 heterocycles. The van der Waals surface area contributed by atoms with Crippen molar-refractivity contribution in [1.82, 2.24) is 10.2 Å². The Hall–Kier alpha value is -2.05. The molecule has 0 bridgehead atoms. The summed E-state index contributed by atoms with van der Waals surface area (Å²) in [5.41, 5.74) is 0.847. The minimum Gasteiger partial charge on any atom is -0.484 e. The summed E-state index contributed by atoms with van der Waals surface area (Å²) in [7, 11) is 0. The molecule has 2 aromatic carbocycles. The SMILES string of the molecule is CCCNC(=O)C(C)N(Cc1cccc(Cl)c1)C(=O)COc1ccc(Br)cc1. The number of ether oxygens (including phenoxy) is 1. The Kier molecular flexibility index (Phi) is 8.80. The summed E-state index contributed by atoms with van der Waals surface area (Å²) in [4.78, 5) is 26.8. The molecule has 2 amide bonds. The summed E-state index contributed by atoms with van der Waals surface area (Å²) >= 11 is 9.42. The van der Waals surface area contributed by atoms with Crippen LogP contribution in [0.1, 0.15) is 25.8 Å². The molecule has 1 atom stereocenters. The monoisotopic (exact) mass is 466 g/mol.